The maximum atomic E-state index is 12.3. The van der Waals surface area contributed by atoms with Gasteiger partial charge in [0, 0.05) is 12.5 Å². The molecule has 0 spiro atoms. The van der Waals surface area contributed by atoms with E-state index >= 15 is 0 Å². The molecular weight excluding hydrogens is 266 g/mol. The SMILES string of the molecule is O=C(NCC(c1ccco1)N1CCCC1)C1CCNCC1. The van der Waals surface area contributed by atoms with Gasteiger partial charge < -0.3 is 15.1 Å². The number of nitrogens with zero attached hydrogens (tertiary/aromatic N) is 1. The summed E-state index contributed by atoms with van der Waals surface area (Å²) in [5.74, 6) is 1.33. The second-order valence-electron chi connectivity index (χ2n) is 6.04. The Morgan fingerprint density at radius 1 is 1.38 bits per heavy atom. The topological polar surface area (TPSA) is 57.5 Å². The Bertz CT molecular complexity index is 434. The average molecular weight is 291 g/mol. The predicted molar refractivity (Wildman–Crippen MR) is 80.9 cm³/mol. The van der Waals surface area contributed by atoms with Gasteiger partial charge in [-0.05, 0) is 64.0 Å². The van der Waals surface area contributed by atoms with E-state index in [-0.39, 0.29) is 17.9 Å². The van der Waals surface area contributed by atoms with Crippen molar-refractivity contribution >= 4 is 5.91 Å². The van der Waals surface area contributed by atoms with Gasteiger partial charge in [-0.15, -0.1) is 0 Å². The monoisotopic (exact) mass is 291 g/mol. The van der Waals surface area contributed by atoms with Crippen molar-refractivity contribution in [1.29, 1.82) is 0 Å². The lowest BCUT2D eigenvalue weighted by molar-refractivity contribution is -0.126. The molecule has 2 saturated heterocycles. The number of hydrogen-bond acceptors (Lipinski definition) is 4. The molecule has 2 aliphatic rings. The molecule has 2 N–H and O–H groups in total. The fourth-order valence-corrected chi connectivity index (χ4v) is 3.37. The molecule has 0 radical (unpaired) electrons. The van der Waals surface area contributed by atoms with E-state index in [1.54, 1.807) is 6.26 Å². The van der Waals surface area contributed by atoms with Crippen LogP contribution in [0, 0.1) is 5.92 Å². The van der Waals surface area contributed by atoms with E-state index < -0.39 is 0 Å². The van der Waals surface area contributed by atoms with E-state index in [2.05, 4.69) is 15.5 Å². The maximum absolute atomic E-state index is 12.3. The van der Waals surface area contributed by atoms with Crippen LogP contribution in [0.5, 0.6) is 0 Å². The van der Waals surface area contributed by atoms with E-state index in [0.717, 1.165) is 44.8 Å². The summed E-state index contributed by atoms with van der Waals surface area (Å²) in [5.41, 5.74) is 0. The summed E-state index contributed by atoms with van der Waals surface area (Å²) in [7, 11) is 0. The molecule has 0 bridgehead atoms. The highest BCUT2D eigenvalue weighted by molar-refractivity contribution is 5.78. The van der Waals surface area contributed by atoms with Gasteiger partial charge in [0.1, 0.15) is 5.76 Å². The van der Waals surface area contributed by atoms with Crippen LogP contribution in [0.4, 0.5) is 0 Å². The molecule has 1 aromatic heterocycles. The molecule has 0 saturated carbocycles. The van der Waals surface area contributed by atoms with Gasteiger partial charge in [-0.1, -0.05) is 0 Å². The first-order chi connectivity index (χ1) is 10.3. The molecular formula is C16H25N3O2. The minimum Gasteiger partial charge on any atom is -0.468 e. The smallest absolute Gasteiger partial charge is 0.223 e. The number of carbonyl (C=O) groups is 1. The third kappa shape index (κ3) is 3.66. The van der Waals surface area contributed by atoms with E-state index in [9.17, 15) is 4.79 Å². The zero-order valence-corrected chi connectivity index (χ0v) is 12.5. The molecule has 2 fully saturated rings. The summed E-state index contributed by atoms with van der Waals surface area (Å²) < 4.78 is 5.58. The third-order valence-electron chi connectivity index (χ3n) is 4.63. The lowest BCUT2D eigenvalue weighted by atomic mass is 9.97. The summed E-state index contributed by atoms with van der Waals surface area (Å²) >= 11 is 0. The zero-order valence-electron chi connectivity index (χ0n) is 12.5. The van der Waals surface area contributed by atoms with Crippen molar-refractivity contribution in [3.63, 3.8) is 0 Å². The summed E-state index contributed by atoms with van der Waals surface area (Å²) in [4.78, 5) is 14.7. The number of piperidine rings is 1. The van der Waals surface area contributed by atoms with Crippen LogP contribution in [0.25, 0.3) is 0 Å². The van der Waals surface area contributed by atoms with Crippen molar-refractivity contribution in [2.24, 2.45) is 5.92 Å². The lowest BCUT2D eigenvalue weighted by Gasteiger charge is -2.27. The number of likely N-dealkylation sites (tertiary alicyclic amines) is 1. The highest BCUT2D eigenvalue weighted by Crippen LogP contribution is 2.25. The van der Waals surface area contributed by atoms with Gasteiger partial charge in [-0.25, -0.2) is 0 Å². The van der Waals surface area contributed by atoms with Crippen molar-refractivity contribution in [2.75, 3.05) is 32.7 Å². The number of rotatable bonds is 5. The normalized spacial score (nSPS) is 22.3. The van der Waals surface area contributed by atoms with Crippen LogP contribution in [0.2, 0.25) is 0 Å². The summed E-state index contributed by atoms with van der Waals surface area (Å²) in [6.07, 6.45) is 6.08. The fraction of sp³-hybridized carbons (Fsp3) is 0.688. The quantitative estimate of drug-likeness (QED) is 0.864. The number of furan rings is 1. The Hall–Kier alpha value is -1.33. The zero-order chi connectivity index (χ0) is 14.5. The van der Waals surface area contributed by atoms with Gasteiger partial charge in [0.05, 0.1) is 12.3 Å². The predicted octanol–water partition coefficient (Wildman–Crippen LogP) is 1.53. The Morgan fingerprint density at radius 3 is 2.81 bits per heavy atom. The minimum atomic E-state index is 0.169. The molecule has 1 atom stereocenters. The molecule has 21 heavy (non-hydrogen) atoms. The van der Waals surface area contributed by atoms with E-state index in [4.69, 9.17) is 4.42 Å². The van der Waals surface area contributed by atoms with Gasteiger partial charge in [0.15, 0.2) is 0 Å². The number of nitrogens with one attached hydrogen (secondary N) is 2. The molecule has 5 heteroatoms. The van der Waals surface area contributed by atoms with Crippen molar-refractivity contribution in [1.82, 2.24) is 15.5 Å². The number of carbonyl (C=O) groups excluding carboxylic acids is 1. The molecule has 2 aliphatic heterocycles. The van der Waals surface area contributed by atoms with Crippen LogP contribution in [0.15, 0.2) is 22.8 Å². The van der Waals surface area contributed by atoms with Crippen molar-refractivity contribution in [3.05, 3.63) is 24.2 Å². The highest BCUT2D eigenvalue weighted by Gasteiger charge is 2.27. The molecule has 5 nitrogen and oxygen atoms in total. The van der Waals surface area contributed by atoms with E-state index in [0.29, 0.717) is 6.54 Å². The van der Waals surface area contributed by atoms with Crippen LogP contribution in [-0.2, 0) is 4.79 Å². The Kier molecular flexibility index (Phi) is 4.93. The van der Waals surface area contributed by atoms with Gasteiger partial charge in [-0.3, -0.25) is 9.69 Å². The molecule has 1 amide bonds. The third-order valence-corrected chi connectivity index (χ3v) is 4.63. The molecule has 1 unspecified atom stereocenters. The molecule has 0 aliphatic carbocycles. The largest absolute Gasteiger partial charge is 0.468 e. The first-order valence-electron chi connectivity index (χ1n) is 8.10. The Morgan fingerprint density at radius 2 is 2.14 bits per heavy atom. The van der Waals surface area contributed by atoms with Crippen LogP contribution in [0.1, 0.15) is 37.5 Å². The molecule has 116 valence electrons. The standard InChI is InChI=1S/C16H25N3O2/c20-16(13-5-7-17-8-6-13)18-12-14(15-4-3-11-21-15)19-9-1-2-10-19/h3-4,11,13-14,17H,1-2,5-10,12H2,(H,18,20). The van der Waals surface area contributed by atoms with Crippen LogP contribution < -0.4 is 10.6 Å². The van der Waals surface area contributed by atoms with Gasteiger partial charge in [-0.2, -0.15) is 0 Å². The Balaban J connectivity index is 1.58. The van der Waals surface area contributed by atoms with Crippen molar-refractivity contribution in [2.45, 2.75) is 31.7 Å². The van der Waals surface area contributed by atoms with E-state index in [1.807, 2.05) is 12.1 Å². The molecule has 0 aromatic carbocycles. The maximum Gasteiger partial charge on any atom is 0.223 e. The lowest BCUT2D eigenvalue weighted by Crippen LogP contribution is -2.42. The average Bonchev–Trinajstić information content (AvgIpc) is 3.22. The minimum absolute atomic E-state index is 0.169. The van der Waals surface area contributed by atoms with Crippen molar-refractivity contribution < 1.29 is 9.21 Å². The highest BCUT2D eigenvalue weighted by atomic mass is 16.3. The number of hydrogen-bond donors (Lipinski definition) is 2. The first-order valence-corrected chi connectivity index (χ1v) is 8.10. The fourth-order valence-electron chi connectivity index (χ4n) is 3.37. The van der Waals surface area contributed by atoms with Crippen LogP contribution >= 0.6 is 0 Å². The summed E-state index contributed by atoms with van der Waals surface area (Å²) in [5, 5.41) is 6.45. The second kappa shape index (κ2) is 7.09. The molecule has 3 rings (SSSR count). The van der Waals surface area contributed by atoms with Gasteiger partial charge in [0.25, 0.3) is 0 Å². The van der Waals surface area contributed by atoms with Crippen LogP contribution in [0.3, 0.4) is 0 Å². The van der Waals surface area contributed by atoms with Crippen molar-refractivity contribution in [3.8, 4) is 0 Å². The molecule has 3 heterocycles. The van der Waals surface area contributed by atoms with Crippen LogP contribution in [-0.4, -0.2) is 43.5 Å². The van der Waals surface area contributed by atoms with E-state index in [1.165, 1.54) is 12.8 Å². The number of amides is 1. The Labute approximate surface area is 126 Å². The second-order valence-corrected chi connectivity index (χ2v) is 6.04. The first kappa shape index (κ1) is 14.6. The van der Waals surface area contributed by atoms with Gasteiger partial charge >= 0.3 is 0 Å². The molecule has 1 aromatic rings. The summed E-state index contributed by atoms with van der Waals surface area (Å²) in [6, 6.07) is 4.11. The van der Waals surface area contributed by atoms with Gasteiger partial charge in [0.2, 0.25) is 5.91 Å². The summed E-state index contributed by atoms with van der Waals surface area (Å²) in [6.45, 7) is 4.73.